The monoisotopic (exact) mass is 177 g/mol. The Hall–Kier alpha value is -0.860. The number of hydrogen-bond acceptors (Lipinski definition) is 2. The molecule has 0 saturated carbocycles. The second-order valence-electron chi connectivity index (χ2n) is 3.30. The average molecular weight is 177 g/mol. The molecule has 0 saturated heterocycles. The minimum atomic E-state index is 0.766. The van der Waals surface area contributed by atoms with Gasteiger partial charge in [-0.2, -0.15) is 5.06 Å². The topological polar surface area (TPSA) is 12.5 Å². The van der Waals surface area contributed by atoms with Crippen molar-refractivity contribution in [3.05, 3.63) is 35.4 Å². The summed E-state index contributed by atoms with van der Waals surface area (Å²) in [6.07, 6.45) is 1.11. The van der Waals surface area contributed by atoms with Crippen molar-refractivity contribution in [1.82, 2.24) is 5.06 Å². The molecule has 0 unspecified atom stereocenters. The fourth-order valence-electron chi connectivity index (χ4n) is 1.76. The third-order valence-electron chi connectivity index (χ3n) is 2.41. The Labute approximate surface area is 79.1 Å². The van der Waals surface area contributed by atoms with Gasteiger partial charge in [-0.05, 0) is 24.5 Å². The maximum Gasteiger partial charge on any atom is 0.0657 e. The minimum absolute atomic E-state index is 0.766. The zero-order chi connectivity index (χ0) is 9.10. The Morgan fingerprint density at radius 2 is 2.08 bits per heavy atom. The molecule has 13 heavy (non-hydrogen) atoms. The molecule has 2 heteroatoms. The van der Waals surface area contributed by atoms with Crippen molar-refractivity contribution in [2.75, 3.05) is 13.2 Å². The summed E-state index contributed by atoms with van der Waals surface area (Å²) in [6, 6.07) is 8.59. The fourth-order valence-corrected chi connectivity index (χ4v) is 1.76. The molecule has 0 aromatic heterocycles. The van der Waals surface area contributed by atoms with Gasteiger partial charge in [-0.3, -0.25) is 4.84 Å². The molecular weight excluding hydrogens is 162 g/mol. The molecule has 0 bridgehead atoms. The summed E-state index contributed by atoms with van der Waals surface area (Å²) in [5.74, 6) is 0. The number of hydrogen-bond donors (Lipinski definition) is 0. The first-order valence-electron chi connectivity index (χ1n) is 4.85. The van der Waals surface area contributed by atoms with E-state index < -0.39 is 0 Å². The molecule has 0 aliphatic carbocycles. The van der Waals surface area contributed by atoms with Crippen LogP contribution in [0.2, 0.25) is 0 Å². The van der Waals surface area contributed by atoms with Crippen LogP contribution in [0, 0.1) is 0 Å². The van der Waals surface area contributed by atoms with Crippen molar-refractivity contribution in [3.63, 3.8) is 0 Å². The van der Waals surface area contributed by atoms with Crippen LogP contribution in [0.25, 0.3) is 0 Å². The summed E-state index contributed by atoms with van der Waals surface area (Å²) >= 11 is 0. The van der Waals surface area contributed by atoms with Gasteiger partial charge in [-0.15, -0.1) is 0 Å². The highest BCUT2D eigenvalue weighted by Gasteiger charge is 2.14. The van der Waals surface area contributed by atoms with Crippen molar-refractivity contribution < 1.29 is 4.84 Å². The van der Waals surface area contributed by atoms with Gasteiger partial charge in [-0.25, -0.2) is 0 Å². The minimum Gasteiger partial charge on any atom is -0.299 e. The standard InChI is InChI=1S/C11H15NO/c1-2-13-12-8-7-10-5-3-4-6-11(10)9-12/h3-6H,2,7-9H2,1H3. The highest BCUT2D eigenvalue weighted by atomic mass is 16.7. The maximum atomic E-state index is 5.47. The predicted molar refractivity (Wildman–Crippen MR) is 52.2 cm³/mol. The zero-order valence-electron chi connectivity index (χ0n) is 7.99. The molecule has 1 aliphatic rings. The number of hydroxylamine groups is 2. The van der Waals surface area contributed by atoms with Crippen molar-refractivity contribution in [2.45, 2.75) is 19.9 Å². The van der Waals surface area contributed by atoms with Gasteiger partial charge in [0.1, 0.15) is 0 Å². The first kappa shape index (κ1) is 8.73. The van der Waals surface area contributed by atoms with E-state index >= 15 is 0 Å². The zero-order valence-corrected chi connectivity index (χ0v) is 7.99. The molecule has 2 nitrogen and oxygen atoms in total. The normalized spacial score (nSPS) is 17.0. The molecule has 1 aromatic rings. The van der Waals surface area contributed by atoms with Crippen LogP contribution in [0.4, 0.5) is 0 Å². The Morgan fingerprint density at radius 3 is 2.85 bits per heavy atom. The van der Waals surface area contributed by atoms with Crippen LogP contribution in [-0.2, 0) is 17.8 Å². The van der Waals surface area contributed by atoms with Gasteiger partial charge in [-0.1, -0.05) is 24.3 Å². The van der Waals surface area contributed by atoms with E-state index in [0.717, 1.165) is 26.1 Å². The van der Waals surface area contributed by atoms with Crippen LogP contribution in [0.3, 0.4) is 0 Å². The summed E-state index contributed by atoms with van der Waals surface area (Å²) in [4.78, 5) is 5.47. The third-order valence-corrected chi connectivity index (χ3v) is 2.41. The smallest absolute Gasteiger partial charge is 0.0657 e. The van der Waals surface area contributed by atoms with E-state index in [-0.39, 0.29) is 0 Å². The van der Waals surface area contributed by atoms with Gasteiger partial charge in [0.2, 0.25) is 0 Å². The molecule has 1 aromatic carbocycles. The van der Waals surface area contributed by atoms with E-state index in [9.17, 15) is 0 Å². The molecule has 0 atom stereocenters. The maximum absolute atomic E-state index is 5.47. The highest BCUT2D eigenvalue weighted by molar-refractivity contribution is 5.28. The van der Waals surface area contributed by atoms with Gasteiger partial charge in [0.05, 0.1) is 6.61 Å². The van der Waals surface area contributed by atoms with Gasteiger partial charge in [0.15, 0.2) is 0 Å². The Morgan fingerprint density at radius 1 is 1.31 bits per heavy atom. The summed E-state index contributed by atoms with van der Waals surface area (Å²) in [7, 11) is 0. The number of fused-ring (bicyclic) bond motifs is 1. The van der Waals surface area contributed by atoms with Crippen LogP contribution >= 0.6 is 0 Å². The molecule has 0 N–H and O–H groups in total. The summed E-state index contributed by atoms with van der Waals surface area (Å²) in [5, 5.41) is 2.04. The number of benzene rings is 1. The molecule has 0 fully saturated rings. The SMILES string of the molecule is CCON1CCc2ccccc2C1. The van der Waals surface area contributed by atoms with Crippen LogP contribution in [-0.4, -0.2) is 18.2 Å². The van der Waals surface area contributed by atoms with Gasteiger partial charge < -0.3 is 0 Å². The van der Waals surface area contributed by atoms with Gasteiger partial charge >= 0.3 is 0 Å². The highest BCUT2D eigenvalue weighted by Crippen LogP contribution is 2.18. The van der Waals surface area contributed by atoms with Crippen molar-refractivity contribution in [3.8, 4) is 0 Å². The lowest BCUT2D eigenvalue weighted by molar-refractivity contribution is -0.165. The quantitative estimate of drug-likeness (QED) is 0.685. The second-order valence-corrected chi connectivity index (χ2v) is 3.30. The van der Waals surface area contributed by atoms with E-state index in [2.05, 4.69) is 24.3 Å². The van der Waals surface area contributed by atoms with Crippen LogP contribution in [0.15, 0.2) is 24.3 Å². The molecule has 2 rings (SSSR count). The van der Waals surface area contributed by atoms with Crippen molar-refractivity contribution in [2.24, 2.45) is 0 Å². The Kier molecular flexibility index (Phi) is 2.62. The van der Waals surface area contributed by atoms with E-state index in [1.807, 2.05) is 12.0 Å². The molecule has 0 spiro atoms. The molecule has 1 aliphatic heterocycles. The Balaban J connectivity index is 2.11. The number of rotatable bonds is 2. The van der Waals surface area contributed by atoms with E-state index in [1.165, 1.54) is 11.1 Å². The van der Waals surface area contributed by atoms with Gasteiger partial charge in [0, 0.05) is 13.1 Å². The van der Waals surface area contributed by atoms with E-state index in [4.69, 9.17) is 4.84 Å². The lowest BCUT2D eigenvalue weighted by atomic mass is 10.0. The van der Waals surface area contributed by atoms with E-state index in [0.29, 0.717) is 0 Å². The van der Waals surface area contributed by atoms with Crippen LogP contribution in [0.5, 0.6) is 0 Å². The van der Waals surface area contributed by atoms with E-state index in [1.54, 1.807) is 0 Å². The molecule has 1 heterocycles. The second kappa shape index (κ2) is 3.90. The lowest BCUT2D eigenvalue weighted by Crippen LogP contribution is -2.30. The fraction of sp³-hybridized carbons (Fsp3) is 0.455. The average Bonchev–Trinajstić information content (AvgIpc) is 2.18. The summed E-state index contributed by atoms with van der Waals surface area (Å²) in [6.45, 7) is 4.75. The molecule has 0 radical (unpaired) electrons. The van der Waals surface area contributed by atoms with Gasteiger partial charge in [0.25, 0.3) is 0 Å². The number of nitrogens with zero attached hydrogens (tertiary/aromatic N) is 1. The predicted octanol–water partition coefficient (Wildman–Crippen LogP) is 2.00. The van der Waals surface area contributed by atoms with Crippen molar-refractivity contribution >= 4 is 0 Å². The third kappa shape index (κ3) is 1.90. The Bertz CT molecular complexity index is 285. The lowest BCUT2D eigenvalue weighted by Gasteiger charge is -2.27. The largest absolute Gasteiger partial charge is 0.299 e. The molecular formula is C11H15NO. The summed E-state index contributed by atoms with van der Waals surface area (Å²) in [5.41, 5.74) is 2.88. The molecule has 0 amide bonds. The first-order valence-corrected chi connectivity index (χ1v) is 4.85. The molecule has 70 valence electrons. The summed E-state index contributed by atoms with van der Waals surface area (Å²) < 4.78 is 0. The first-order chi connectivity index (χ1) is 6.40. The van der Waals surface area contributed by atoms with Crippen LogP contribution < -0.4 is 0 Å². The van der Waals surface area contributed by atoms with Crippen molar-refractivity contribution in [1.29, 1.82) is 0 Å². The van der Waals surface area contributed by atoms with Crippen LogP contribution in [0.1, 0.15) is 18.1 Å².